The van der Waals surface area contributed by atoms with Gasteiger partial charge < -0.3 is 9.80 Å². The van der Waals surface area contributed by atoms with Crippen molar-refractivity contribution in [2.24, 2.45) is 4.99 Å². The number of nitrogens with zero attached hydrogens (tertiary/aromatic N) is 3. The number of anilines is 1. The first-order chi connectivity index (χ1) is 12.5. The summed E-state index contributed by atoms with van der Waals surface area (Å²) in [5.74, 6) is -0.425. The first kappa shape index (κ1) is 20.0. The van der Waals surface area contributed by atoms with Crippen molar-refractivity contribution >= 4 is 38.4 Å². The molecule has 1 aromatic carbocycles. The maximum absolute atomic E-state index is 13.1. The summed E-state index contributed by atoms with van der Waals surface area (Å²) in [6, 6.07) is 3.62. The molecule has 2 heterocycles. The minimum absolute atomic E-state index is 0.0630. The molecule has 0 N–H and O–H groups in total. The maximum Gasteiger partial charge on any atom is 0.416 e. The van der Waals surface area contributed by atoms with Crippen LogP contribution in [0.3, 0.4) is 0 Å². The Morgan fingerprint density at radius 2 is 2.04 bits per heavy atom. The molecule has 1 fully saturated rings. The molecular formula is C16H18F3N3O3S2. The van der Waals surface area contributed by atoms with E-state index in [0.29, 0.717) is 5.17 Å². The molecule has 0 radical (unpaired) electrons. The highest BCUT2D eigenvalue weighted by Crippen LogP contribution is 2.38. The summed E-state index contributed by atoms with van der Waals surface area (Å²) < 4.78 is 63.2. The summed E-state index contributed by atoms with van der Waals surface area (Å²) in [5, 5.41) is 0.370. The zero-order chi connectivity index (χ0) is 20.0. The highest BCUT2D eigenvalue weighted by molar-refractivity contribution is 8.14. The van der Waals surface area contributed by atoms with Gasteiger partial charge in [0.1, 0.15) is 0 Å². The average molecular weight is 421 g/mol. The number of carbonyl (C=O) groups excluding carboxylic acids is 1. The zero-order valence-corrected chi connectivity index (χ0v) is 16.2. The summed E-state index contributed by atoms with van der Waals surface area (Å²) in [7, 11) is -0.104. The maximum atomic E-state index is 13.1. The SMILES string of the molecule is CN(C)C(=O)CSC1=N[C@@H]2CS(=O)(=O)C[C@H]2N1c1cccc(C(F)(F)F)c1. The number of halogens is 3. The van der Waals surface area contributed by atoms with Crippen molar-refractivity contribution in [3.8, 4) is 0 Å². The third-order valence-corrected chi connectivity index (χ3v) is 7.03. The van der Waals surface area contributed by atoms with Crippen LogP contribution in [0.1, 0.15) is 5.56 Å². The molecule has 0 unspecified atom stereocenters. The second-order valence-corrected chi connectivity index (χ2v) is 9.71. The Labute approximate surface area is 159 Å². The summed E-state index contributed by atoms with van der Waals surface area (Å²) in [6.45, 7) is 0. The van der Waals surface area contributed by atoms with E-state index in [1.54, 1.807) is 14.1 Å². The number of amides is 1. The van der Waals surface area contributed by atoms with Crippen molar-refractivity contribution < 1.29 is 26.4 Å². The molecule has 0 saturated carbocycles. The molecule has 0 aromatic heterocycles. The lowest BCUT2D eigenvalue weighted by atomic mass is 10.1. The predicted octanol–water partition coefficient (Wildman–Crippen LogP) is 1.87. The first-order valence-electron chi connectivity index (χ1n) is 8.05. The molecule has 27 heavy (non-hydrogen) atoms. The van der Waals surface area contributed by atoms with Crippen LogP contribution in [0.25, 0.3) is 0 Å². The standard InChI is InChI=1S/C16H18F3N3O3S2/c1-21(2)14(23)7-26-15-20-12-8-27(24,25)9-13(12)22(15)11-5-3-4-10(6-11)16(17,18)19/h3-6,12-13H,7-9H2,1-2H3/t12-,13-/m1/s1. The number of rotatable bonds is 3. The Bertz CT molecular complexity index is 884. The number of fused-ring (bicyclic) bond motifs is 1. The fraction of sp³-hybridized carbons (Fsp3) is 0.500. The van der Waals surface area contributed by atoms with Crippen LogP contribution in [-0.4, -0.2) is 67.8 Å². The molecule has 2 aliphatic rings. The normalized spacial score (nSPS) is 23.9. The minimum Gasteiger partial charge on any atom is -0.348 e. The van der Waals surface area contributed by atoms with Gasteiger partial charge in [-0.1, -0.05) is 17.8 Å². The number of sulfone groups is 1. The molecule has 3 rings (SSSR count). The number of hydrogen-bond acceptors (Lipinski definition) is 6. The molecule has 0 spiro atoms. The Balaban J connectivity index is 1.94. The third-order valence-electron chi connectivity index (χ3n) is 4.38. The van der Waals surface area contributed by atoms with E-state index in [1.807, 2.05) is 0 Å². The highest BCUT2D eigenvalue weighted by atomic mass is 32.2. The second kappa shape index (κ2) is 7.01. The number of amidine groups is 1. The zero-order valence-electron chi connectivity index (χ0n) is 14.6. The van der Waals surface area contributed by atoms with Gasteiger partial charge in [0.25, 0.3) is 0 Å². The molecule has 0 aliphatic carbocycles. The average Bonchev–Trinajstić information content (AvgIpc) is 3.02. The fourth-order valence-corrected chi connectivity index (χ4v) is 5.97. The second-order valence-electron chi connectivity index (χ2n) is 6.62. The molecule has 1 saturated heterocycles. The van der Waals surface area contributed by atoms with Gasteiger partial charge in [-0.25, -0.2) is 8.42 Å². The van der Waals surface area contributed by atoms with Crippen LogP contribution >= 0.6 is 11.8 Å². The molecule has 0 bridgehead atoms. The van der Waals surface area contributed by atoms with Gasteiger partial charge in [-0.2, -0.15) is 13.2 Å². The Morgan fingerprint density at radius 1 is 1.33 bits per heavy atom. The number of benzene rings is 1. The lowest BCUT2D eigenvalue weighted by Gasteiger charge is -2.27. The predicted molar refractivity (Wildman–Crippen MR) is 98.7 cm³/mol. The smallest absolute Gasteiger partial charge is 0.348 e. The molecule has 1 aromatic rings. The fourth-order valence-electron chi connectivity index (χ4n) is 3.02. The van der Waals surface area contributed by atoms with E-state index in [-0.39, 0.29) is 28.9 Å². The van der Waals surface area contributed by atoms with Gasteiger partial charge >= 0.3 is 6.18 Å². The molecular weight excluding hydrogens is 403 g/mol. The monoisotopic (exact) mass is 421 g/mol. The van der Waals surface area contributed by atoms with E-state index in [0.717, 1.165) is 23.9 Å². The van der Waals surface area contributed by atoms with Crippen LogP contribution in [0, 0.1) is 0 Å². The van der Waals surface area contributed by atoms with Crippen LogP contribution in [-0.2, 0) is 20.8 Å². The van der Waals surface area contributed by atoms with Gasteiger partial charge in [0.05, 0.1) is 34.9 Å². The van der Waals surface area contributed by atoms with Gasteiger partial charge in [0, 0.05) is 19.8 Å². The lowest BCUT2D eigenvalue weighted by molar-refractivity contribution is -0.137. The number of carbonyl (C=O) groups is 1. The van der Waals surface area contributed by atoms with Crippen molar-refractivity contribution in [2.75, 3.05) is 36.3 Å². The van der Waals surface area contributed by atoms with Crippen LogP contribution in [0.4, 0.5) is 18.9 Å². The van der Waals surface area contributed by atoms with Gasteiger partial charge in [0.15, 0.2) is 15.0 Å². The van der Waals surface area contributed by atoms with E-state index in [9.17, 15) is 26.4 Å². The van der Waals surface area contributed by atoms with Crippen LogP contribution in [0.5, 0.6) is 0 Å². The van der Waals surface area contributed by atoms with Crippen molar-refractivity contribution in [1.29, 1.82) is 0 Å². The summed E-state index contributed by atoms with van der Waals surface area (Å²) in [5.41, 5.74) is -0.601. The number of aliphatic imine (C=N–C) groups is 1. The van der Waals surface area contributed by atoms with Gasteiger partial charge in [-0.3, -0.25) is 9.79 Å². The third kappa shape index (κ3) is 4.23. The molecule has 6 nitrogen and oxygen atoms in total. The van der Waals surface area contributed by atoms with Crippen molar-refractivity contribution in [3.63, 3.8) is 0 Å². The van der Waals surface area contributed by atoms with Crippen molar-refractivity contribution in [3.05, 3.63) is 29.8 Å². The van der Waals surface area contributed by atoms with Crippen molar-refractivity contribution in [1.82, 2.24) is 4.90 Å². The van der Waals surface area contributed by atoms with Crippen molar-refractivity contribution in [2.45, 2.75) is 18.3 Å². The molecule has 1 amide bonds. The lowest BCUT2D eigenvalue weighted by Crippen LogP contribution is -2.39. The van der Waals surface area contributed by atoms with E-state index in [4.69, 9.17) is 0 Å². The summed E-state index contributed by atoms with van der Waals surface area (Å²) in [4.78, 5) is 19.2. The molecule has 2 atom stereocenters. The topological polar surface area (TPSA) is 70.0 Å². The van der Waals surface area contributed by atoms with Crippen LogP contribution in [0.15, 0.2) is 29.3 Å². The number of hydrogen-bond donors (Lipinski definition) is 0. The highest BCUT2D eigenvalue weighted by Gasteiger charge is 2.47. The molecule has 2 aliphatic heterocycles. The quantitative estimate of drug-likeness (QED) is 0.745. The molecule has 11 heteroatoms. The first-order valence-corrected chi connectivity index (χ1v) is 10.9. The largest absolute Gasteiger partial charge is 0.416 e. The number of alkyl halides is 3. The van der Waals surface area contributed by atoms with E-state index >= 15 is 0 Å². The Kier molecular flexibility index (Phi) is 5.19. The van der Waals surface area contributed by atoms with Crippen LogP contribution in [0.2, 0.25) is 0 Å². The summed E-state index contributed by atoms with van der Waals surface area (Å²) >= 11 is 1.10. The van der Waals surface area contributed by atoms with Crippen LogP contribution < -0.4 is 4.90 Å². The van der Waals surface area contributed by atoms with Gasteiger partial charge in [0.2, 0.25) is 5.91 Å². The van der Waals surface area contributed by atoms with Gasteiger partial charge in [-0.15, -0.1) is 0 Å². The Hall–Kier alpha value is -1.75. The van der Waals surface area contributed by atoms with E-state index in [2.05, 4.69) is 4.99 Å². The summed E-state index contributed by atoms with van der Waals surface area (Å²) in [6.07, 6.45) is -4.51. The van der Waals surface area contributed by atoms with Gasteiger partial charge in [-0.05, 0) is 18.2 Å². The Morgan fingerprint density at radius 3 is 2.67 bits per heavy atom. The van der Waals surface area contributed by atoms with E-state index < -0.39 is 33.7 Å². The van der Waals surface area contributed by atoms with E-state index in [1.165, 1.54) is 21.9 Å². The molecule has 148 valence electrons. The minimum atomic E-state index is -4.51. The number of thioether (sulfide) groups is 1.